The molecule has 0 saturated heterocycles. The average Bonchev–Trinajstić information content (AvgIpc) is 3.03. The molecular formula is C15H19ClN2O3S2. The molecule has 0 radical (unpaired) electrons. The van der Waals surface area contributed by atoms with E-state index in [1.807, 2.05) is 0 Å². The first-order valence-electron chi connectivity index (χ1n) is 6.94. The largest absolute Gasteiger partial charge is 0.351 e. The summed E-state index contributed by atoms with van der Waals surface area (Å²) in [5.74, 6) is -0.253. The van der Waals surface area contributed by atoms with Gasteiger partial charge in [0.05, 0.1) is 9.77 Å². The summed E-state index contributed by atoms with van der Waals surface area (Å²) in [6.07, 6.45) is 1.65. The number of hydrogen-bond donors (Lipinski definition) is 2. The summed E-state index contributed by atoms with van der Waals surface area (Å²) in [4.78, 5) is 12.6. The molecule has 1 aromatic heterocycles. The normalized spacial score (nSPS) is 10.8. The summed E-state index contributed by atoms with van der Waals surface area (Å²) in [7, 11) is -3.56. The summed E-state index contributed by atoms with van der Waals surface area (Å²) in [5, 5.41) is 2.76. The smallest absolute Gasteiger partial charge is 0.261 e. The summed E-state index contributed by atoms with van der Waals surface area (Å²) < 4.78 is 25.0. The van der Waals surface area contributed by atoms with Gasteiger partial charge in [0.1, 0.15) is 4.21 Å². The molecule has 0 saturated carbocycles. The van der Waals surface area contributed by atoms with Crippen LogP contribution in [0.5, 0.6) is 0 Å². The first-order chi connectivity index (χ1) is 10.6. The summed E-state index contributed by atoms with van der Waals surface area (Å²) >= 11 is 0.982. The third-order valence-corrected chi connectivity index (χ3v) is 6.39. The fourth-order valence-corrected chi connectivity index (χ4v) is 4.51. The third kappa shape index (κ3) is 5.04. The minimum atomic E-state index is -3.56. The van der Waals surface area contributed by atoms with Gasteiger partial charge in [-0.25, -0.2) is 8.42 Å². The first kappa shape index (κ1) is 19.6. The number of sulfone groups is 1. The van der Waals surface area contributed by atoms with Crippen molar-refractivity contribution in [2.75, 3.05) is 13.1 Å². The van der Waals surface area contributed by atoms with Crippen molar-refractivity contribution in [1.82, 2.24) is 5.32 Å². The Bertz CT molecular complexity index is 730. The van der Waals surface area contributed by atoms with Crippen molar-refractivity contribution in [1.29, 1.82) is 0 Å². The van der Waals surface area contributed by atoms with E-state index in [4.69, 9.17) is 5.73 Å². The Kier molecular flexibility index (Phi) is 7.70. The zero-order valence-electron chi connectivity index (χ0n) is 12.4. The first-order valence-corrected chi connectivity index (χ1v) is 9.24. The molecule has 0 aliphatic heterocycles. The highest BCUT2D eigenvalue weighted by Crippen LogP contribution is 2.27. The maximum absolute atomic E-state index is 12.4. The van der Waals surface area contributed by atoms with Crippen LogP contribution in [-0.4, -0.2) is 27.4 Å². The fraction of sp³-hybridized carbons (Fsp3) is 0.267. The molecule has 0 aliphatic carbocycles. The van der Waals surface area contributed by atoms with Crippen LogP contribution in [0.3, 0.4) is 0 Å². The van der Waals surface area contributed by atoms with Crippen LogP contribution in [-0.2, 0) is 9.84 Å². The van der Waals surface area contributed by atoms with Gasteiger partial charge >= 0.3 is 0 Å². The van der Waals surface area contributed by atoms with E-state index in [2.05, 4.69) is 5.32 Å². The Hall–Kier alpha value is -1.41. The number of carbonyl (C=O) groups is 1. The maximum Gasteiger partial charge on any atom is 0.261 e. The fourth-order valence-electron chi connectivity index (χ4n) is 1.86. The molecule has 0 aliphatic rings. The van der Waals surface area contributed by atoms with Gasteiger partial charge in [-0.2, -0.15) is 0 Å². The van der Waals surface area contributed by atoms with Gasteiger partial charge in [0.25, 0.3) is 5.91 Å². The summed E-state index contributed by atoms with van der Waals surface area (Å²) in [6, 6.07) is 11.2. The van der Waals surface area contributed by atoms with Gasteiger partial charge in [-0.1, -0.05) is 18.2 Å². The molecular weight excluding hydrogens is 356 g/mol. The van der Waals surface area contributed by atoms with E-state index in [-0.39, 0.29) is 27.4 Å². The topological polar surface area (TPSA) is 89.3 Å². The predicted molar refractivity (Wildman–Crippen MR) is 94.1 cm³/mol. The van der Waals surface area contributed by atoms with Gasteiger partial charge in [-0.15, -0.1) is 23.7 Å². The number of amides is 1. The highest BCUT2D eigenvalue weighted by Gasteiger charge is 2.21. The number of hydrogen-bond acceptors (Lipinski definition) is 5. The monoisotopic (exact) mass is 374 g/mol. The van der Waals surface area contributed by atoms with Crippen LogP contribution in [0.4, 0.5) is 0 Å². The SMILES string of the molecule is Cl.NCCCCNC(=O)c1ccc(S(=O)(=O)c2ccccc2)s1. The van der Waals surface area contributed by atoms with E-state index < -0.39 is 9.84 Å². The molecule has 23 heavy (non-hydrogen) atoms. The zero-order valence-corrected chi connectivity index (χ0v) is 14.8. The Morgan fingerprint density at radius 1 is 1.09 bits per heavy atom. The van der Waals surface area contributed by atoms with Crippen molar-refractivity contribution >= 4 is 39.5 Å². The third-order valence-electron chi connectivity index (χ3n) is 3.04. The number of unbranched alkanes of at least 4 members (excludes halogenated alkanes) is 1. The van der Waals surface area contributed by atoms with Gasteiger partial charge in [0.15, 0.2) is 0 Å². The number of nitrogens with two attached hydrogens (primary N) is 1. The van der Waals surface area contributed by atoms with Crippen LogP contribution < -0.4 is 11.1 Å². The summed E-state index contributed by atoms with van der Waals surface area (Å²) in [5.41, 5.74) is 5.39. The van der Waals surface area contributed by atoms with E-state index in [1.165, 1.54) is 6.07 Å². The molecule has 1 heterocycles. The number of benzene rings is 1. The van der Waals surface area contributed by atoms with Gasteiger partial charge in [0, 0.05) is 6.54 Å². The Balaban J connectivity index is 0.00000264. The molecule has 0 fully saturated rings. The number of nitrogens with one attached hydrogen (secondary N) is 1. The van der Waals surface area contributed by atoms with Gasteiger partial charge in [0.2, 0.25) is 9.84 Å². The van der Waals surface area contributed by atoms with Crippen molar-refractivity contribution in [3.63, 3.8) is 0 Å². The lowest BCUT2D eigenvalue weighted by atomic mass is 10.3. The van der Waals surface area contributed by atoms with Crippen LogP contribution in [0.25, 0.3) is 0 Å². The molecule has 2 rings (SSSR count). The lowest BCUT2D eigenvalue weighted by Crippen LogP contribution is -2.23. The van der Waals surface area contributed by atoms with Gasteiger partial charge in [-0.3, -0.25) is 4.79 Å². The van der Waals surface area contributed by atoms with E-state index in [0.717, 1.165) is 24.2 Å². The lowest BCUT2D eigenvalue weighted by Gasteiger charge is -2.02. The van der Waals surface area contributed by atoms with Crippen LogP contribution >= 0.6 is 23.7 Å². The van der Waals surface area contributed by atoms with E-state index in [9.17, 15) is 13.2 Å². The molecule has 1 amide bonds. The number of carbonyl (C=O) groups excluding carboxylic acids is 1. The molecule has 5 nitrogen and oxygen atoms in total. The lowest BCUT2D eigenvalue weighted by molar-refractivity contribution is 0.0957. The predicted octanol–water partition coefficient (Wildman–Crippen LogP) is 2.47. The van der Waals surface area contributed by atoms with Crippen molar-refractivity contribution in [2.24, 2.45) is 5.73 Å². The minimum absolute atomic E-state index is 0. The molecule has 0 atom stereocenters. The van der Waals surface area contributed by atoms with Crippen LogP contribution in [0.1, 0.15) is 22.5 Å². The van der Waals surface area contributed by atoms with Gasteiger partial charge in [-0.05, 0) is 43.7 Å². The second-order valence-electron chi connectivity index (χ2n) is 4.69. The molecule has 2 aromatic rings. The average molecular weight is 375 g/mol. The number of rotatable bonds is 7. The molecule has 1 aromatic carbocycles. The zero-order chi connectivity index (χ0) is 16.0. The quantitative estimate of drug-likeness (QED) is 0.728. The number of halogens is 1. The maximum atomic E-state index is 12.4. The van der Waals surface area contributed by atoms with Crippen molar-refractivity contribution in [2.45, 2.75) is 21.9 Å². The molecule has 0 unspecified atom stereocenters. The second-order valence-corrected chi connectivity index (χ2v) is 7.95. The van der Waals surface area contributed by atoms with Crippen LogP contribution in [0.15, 0.2) is 51.6 Å². The highest BCUT2D eigenvalue weighted by molar-refractivity contribution is 7.93. The number of thiophene rings is 1. The molecule has 3 N–H and O–H groups in total. The molecule has 0 spiro atoms. The van der Waals surface area contributed by atoms with E-state index in [0.29, 0.717) is 18.0 Å². The molecule has 8 heteroatoms. The van der Waals surface area contributed by atoms with Crippen molar-refractivity contribution < 1.29 is 13.2 Å². The van der Waals surface area contributed by atoms with Gasteiger partial charge < -0.3 is 11.1 Å². The van der Waals surface area contributed by atoms with Crippen molar-refractivity contribution in [3.05, 3.63) is 47.3 Å². The Labute approximate surface area is 146 Å². The van der Waals surface area contributed by atoms with Crippen LogP contribution in [0.2, 0.25) is 0 Å². The Morgan fingerprint density at radius 2 is 1.78 bits per heavy atom. The highest BCUT2D eigenvalue weighted by atomic mass is 35.5. The Morgan fingerprint density at radius 3 is 2.43 bits per heavy atom. The van der Waals surface area contributed by atoms with E-state index >= 15 is 0 Å². The second kappa shape index (κ2) is 9.02. The van der Waals surface area contributed by atoms with Crippen LogP contribution in [0, 0.1) is 0 Å². The molecule has 126 valence electrons. The standard InChI is InChI=1S/C15H18N2O3S2.ClH/c16-10-4-5-11-17-15(18)13-8-9-14(21-13)22(19,20)12-6-2-1-3-7-12;/h1-3,6-9H,4-5,10-11,16H2,(H,17,18);1H. The minimum Gasteiger partial charge on any atom is -0.351 e. The van der Waals surface area contributed by atoms with E-state index in [1.54, 1.807) is 36.4 Å². The van der Waals surface area contributed by atoms with Crippen molar-refractivity contribution in [3.8, 4) is 0 Å². The molecule has 0 bridgehead atoms. The summed E-state index contributed by atoms with van der Waals surface area (Å²) in [6.45, 7) is 1.13.